The molecule has 0 radical (unpaired) electrons. The maximum atomic E-state index is 14.1. The van der Waals surface area contributed by atoms with Gasteiger partial charge < -0.3 is 10.1 Å². The van der Waals surface area contributed by atoms with Gasteiger partial charge in [0.25, 0.3) is 11.8 Å². The molecular formula is C22H23F4N3O3. The third-order valence-electron chi connectivity index (χ3n) is 4.91. The number of ketones is 1. The van der Waals surface area contributed by atoms with Crippen LogP contribution in [-0.2, 0) is 11.2 Å². The molecule has 1 N–H and O–H groups in total. The van der Waals surface area contributed by atoms with Gasteiger partial charge in [-0.25, -0.2) is 9.37 Å². The highest BCUT2D eigenvalue weighted by molar-refractivity contribution is 5.95. The summed E-state index contributed by atoms with van der Waals surface area (Å²) in [5.41, 5.74) is 1.64. The molecule has 0 aromatic carbocycles. The lowest BCUT2D eigenvalue weighted by atomic mass is 10.1. The number of hydrogen-bond acceptors (Lipinski definition) is 5. The van der Waals surface area contributed by atoms with Crippen molar-refractivity contribution in [2.45, 2.75) is 51.7 Å². The van der Waals surface area contributed by atoms with Gasteiger partial charge in [0.1, 0.15) is 5.78 Å². The van der Waals surface area contributed by atoms with Crippen molar-refractivity contribution in [2.75, 3.05) is 6.61 Å². The Hall–Kier alpha value is -3.04. The molecule has 0 saturated heterocycles. The number of nitrogens with one attached hydrogen (secondary N) is 1. The largest absolute Gasteiger partial charge is 0.466 e. The molecule has 2 aromatic rings. The number of halogens is 4. The van der Waals surface area contributed by atoms with Gasteiger partial charge in [0.15, 0.2) is 12.4 Å². The number of carbonyl (C=O) groups is 2. The molecule has 1 amide bonds. The lowest BCUT2D eigenvalue weighted by molar-refractivity contribution is -0.154. The van der Waals surface area contributed by atoms with Gasteiger partial charge in [-0.1, -0.05) is 0 Å². The van der Waals surface area contributed by atoms with Crippen LogP contribution in [-0.4, -0.2) is 34.4 Å². The molecule has 10 heteroatoms. The third kappa shape index (κ3) is 7.00. The normalized spacial score (nSPS) is 14.7. The van der Waals surface area contributed by atoms with Crippen LogP contribution >= 0.6 is 0 Å². The number of alkyl halides is 3. The second-order valence-electron chi connectivity index (χ2n) is 8.01. The number of aryl methyl sites for hydroxylation is 1. The SMILES string of the molecule is Cc1cc(C(=O)NC(C)c2cnc(OCC(F)(F)F)c(F)c2)cc(CC(=O)CC2CC2)n1. The Bertz CT molecular complexity index is 1010. The molecule has 1 aliphatic rings. The maximum absolute atomic E-state index is 14.1. The molecule has 0 aliphatic heterocycles. The summed E-state index contributed by atoms with van der Waals surface area (Å²) in [6.07, 6.45) is -0.650. The van der Waals surface area contributed by atoms with Gasteiger partial charge >= 0.3 is 6.18 Å². The second-order valence-corrected chi connectivity index (χ2v) is 8.01. The molecule has 2 aromatic heterocycles. The van der Waals surface area contributed by atoms with Crippen LogP contribution in [0.3, 0.4) is 0 Å². The lowest BCUT2D eigenvalue weighted by Gasteiger charge is -2.16. The standard InChI is InChI=1S/C22H23F4N3O3/c1-12-5-15(7-17(28-12)9-18(30)6-14-3-4-14)20(31)29-13(2)16-8-19(23)21(27-10-16)32-11-22(24,25)26/h5,7-8,10,13-14H,3-4,6,9,11H2,1-2H3,(H,29,31). The van der Waals surface area contributed by atoms with Crippen molar-refractivity contribution in [3.63, 3.8) is 0 Å². The van der Waals surface area contributed by atoms with E-state index in [1.54, 1.807) is 26.0 Å². The molecule has 2 heterocycles. The lowest BCUT2D eigenvalue weighted by Crippen LogP contribution is -2.27. The minimum atomic E-state index is -4.61. The molecule has 0 bridgehead atoms. The minimum Gasteiger partial charge on any atom is -0.466 e. The zero-order valence-corrected chi connectivity index (χ0v) is 17.6. The highest BCUT2D eigenvalue weighted by Gasteiger charge is 2.29. The van der Waals surface area contributed by atoms with Crippen molar-refractivity contribution in [2.24, 2.45) is 5.92 Å². The van der Waals surface area contributed by atoms with E-state index in [1.165, 1.54) is 0 Å². The summed E-state index contributed by atoms with van der Waals surface area (Å²) in [6.45, 7) is 1.64. The van der Waals surface area contributed by atoms with Crippen LogP contribution in [0.4, 0.5) is 17.6 Å². The first-order valence-electron chi connectivity index (χ1n) is 10.2. The quantitative estimate of drug-likeness (QED) is 0.574. The number of Topliss-reactive ketones (excluding diaryl/α,β-unsaturated/α-hetero) is 1. The Morgan fingerprint density at radius 2 is 1.97 bits per heavy atom. The highest BCUT2D eigenvalue weighted by atomic mass is 19.4. The van der Waals surface area contributed by atoms with Gasteiger partial charge in [-0.05, 0) is 56.4 Å². The summed E-state index contributed by atoms with van der Waals surface area (Å²) in [6, 6.07) is 3.40. The number of pyridine rings is 2. The highest BCUT2D eigenvalue weighted by Crippen LogP contribution is 2.32. The van der Waals surface area contributed by atoms with E-state index in [0.29, 0.717) is 29.3 Å². The predicted molar refractivity (Wildman–Crippen MR) is 107 cm³/mol. The molecule has 1 saturated carbocycles. The number of amides is 1. The zero-order valence-electron chi connectivity index (χ0n) is 17.6. The molecule has 32 heavy (non-hydrogen) atoms. The van der Waals surface area contributed by atoms with E-state index in [4.69, 9.17) is 0 Å². The topological polar surface area (TPSA) is 81.2 Å². The Morgan fingerprint density at radius 3 is 2.59 bits per heavy atom. The summed E-state index contributed by atoms with van der Waals surface area (Å²) >= 11 is 0. The van der Waals surface area contributed by atoms with Crippen LogP contribution in [0, 0.1) is 18.7 Å². The molecule has 172 valence electrons. The van der Waals surface area contributed by atoms with Crippen molar-refractivity contribution >= 4 is 11.7 Å². The molecule has 1 atom stereocenters. The first-order valence-corrected chi connectivity index (χ1v) is 10.2. The fourth-order valence-corrected chi connectivity index (χ4v) is 3.17. The van der Waals surface area contributed by atoms with E-state index in [-0.39, 0.29) is 17.8 Å². The number of nitrogens with zero attached hydrogens (tertiary/aromatic N) is 2. The second kappa shape index (κ2) is 9.62. The van der Waals surface area contributed by atoms with Gasteiger partial charge in [-0.2, -0.15) is 13.2 Å². The van der Waals surface area contributed by atoms with E-state index in [9.17, 15) is 27.2 Å². The van der Waals surface area contributed by atoms with Crippen LogP contribution in [0.25, 0.3) is 0 Å². The first kappa shape index (κ1) is 23.6. The molecule has 1 fully saturated rings. The smallest absolute Gasteiger partial charge is 0.422 e. The van der Waals surface area contributed by atoms with E-state index >= 15 is 0 Å². The van der Waals surface area contributed by atoms with Crippen molar-refractivity contribution < 1.29 is 31.9 Å². The van der Waals surface area contributed by atoms with Crippen molar-refractivity contribution in [3.8, 4) is 5.88 Å². The molecule has 1 unspecified atom stereocenters. The number of hydrogen-bond donors (Lipinski definition) is 1. The Morgan fingerprint density at radius 1 is 1.25 bits per heavy atom. The maximum Gasteiger partial charge on any atom is 0.422 e. The van der Waals surface area contributed by atoms with Crippen molar-refractivity contribution in [1.29, 1.82) is 0 Å². The van der Waals surface area contributed by atoms with E-state index < -0.39 is 36.4 Å². The molecule has 1 aliphatic carbocycles. The monoisotopic (exact) mass is 453 g/mol. The number of rotatable bonds is 9. The van der Waals surface area contributed by atoms with Crippen LogP contribution in [0.5, 0.6) is 5.88 Å². The van der Waals surface area contributed by atoms with Gasteiger partial charge in [-0.15, -0.1) is 0 Å². The van der Waals surface area contributed by atoms with Gasteiger partial charge in [0, 0.05) is 36.0 Å². The van der Waals surface area contributed by atoms with E-state index in [2.05, 4.69) is 20.0 Å². The fraction of sp³-hybridized carbons (Fsp3) is 0.455. The summed E-state index contributed by atoms with van der Waals surface area (Å²) in [5, 5.41) is 2.69. The Labute approximate surface area is 182 Å². The van der Waals surface area contributed by atoms with E-state index in [1.807, 2.05) is 0 Å². The summed E-state index contributed by atoms with van der Waals surface area (Å²) in [5.74, 6) is -1.74. The van der Waals surface area contributed by atoms with Crippen molar-refractivity contribution in [1.82, 2.24) is 15.3 Å². The van der Waals surface area contributed by atoms with Gasteiger partial charge in [-0.3, -0.25) is 14.6 Å². The summed E-state index contributed by atoms with van der Waals surface area (Å²) in [4.78, 5) is 32.7. The molecule has 0 spiro atoms. The predicted octanol–water partition coefficient (Wildman–Crippen LogP) is 4.27. The van der Waals surface area contributed by atoms with Crippen LogP contribution < -0.4 is 10.1 Å². The Balaban J connectivity index is 1.64. The summed E-state index contributed by atoms with van der Waals surface area (Å²) in [7, 11) is 0. The van der Waals surface area contributed by atoms with Crippen LogP contribution in [0.1, 0.15) is 59.5 Å². The van der Waals surface area contributed by atoms with Gasteiger partial charge in [0.2, 0.25) is 0 Å². The average Bonchev–Trinajstić information content (AvgIpc) is 3.49. The van der Waals surface area contributed by atoms with E-state index in [0.717, 1.165) is 25.1 Å². The van der Waals surface area contributed by atoms with Crippen LogP contribution in [0.15, 0.2) is 24.4 Å². The molecular weight excluding hydrogens is 430 g/mol. The number of carbonyl (C=O) groups excluding carboxylic acids is 2. The molecule has 6 nitrogen and oxygen atoms in total. The van der Waals surface area contributed by atoms with Gasteiger partial charge in [0.05, 0.1) is 6.04 Å². The average molecular weight is 453 g/mol. The molecule has 3 rings (SSSR count). The number of ether oxygens (including phenoxy) is 1. The van der Waals surface area contributed by atoms with Crippen LogP contribution in [0.2, 0.25) is 0 Å². The van der Waals surface area contributed by atoms with Crippen molar-refractivity contribution in [3.05, 3.63) is 52.7 Å². The summed E-state index contributed by atoms with van der Waals surface area (Å²) < 4.78 is 55.1. The fourth-order valence-electron chi connectivity index (χ4n) is 3.17. The Kier molecular flexibility index (Phi) is 7.10. The minimum absolute atomic E-state index is 0.0831. The number of aromatic nitrogens is 2. The first-order chi connectivity index (χ1) is 15.0. The zero-order chi connectivity index (χ0) is 23.5. The third-order valence-corrected chi connectivity index (χ3v) is 4.91.